The van der Waals surface area contributed by atoms with Crippen LogP contribution in [0.3, 0.4) is 0 Å². The molecule has 0 rings (SSSR count). The molecular weight excluding hydrogens is 130 g/mol. The molecule has 0 heterocycles. The molecule has 0 unspecified atom stereocenters. The Morgan fingerprint density at radius 1 is 1.60 bits per heavy atom. The van der Waals surface area contributed by atoms with Gasteiger partial charge in [0, 0.05) is 0 Å². The molecule has 0 saturated heterocycles. The van der Waals surface area contributed by atoms with Crippen molar-refractivity contribution in [3.8, 4) is 0 Å². The van der Waals surface area contributed by atoms with Crippen molar-refractivity contribution in [1.29, 1.82) is 0 Å². The monoisotopic (exact) mass is 145 g/mol. The van der Waals surface area contributed by atoms with Gasteiger partial charge in [0.25, 0.3) is 0 Å². The van der Waals surface area contributed by atoms with E-state index in [1.165, 1.54) is 0 Å². The van der Waals surface area contributed by atoms with Crippen molar-refractivity contribution in [2.75, 3.05) is 0 Å². The van der Waals surface area contributed by atoms with E-state index in [1.807, 2.05) is 6.92 Å². The number of nitrogens with two attached hydrogens (primary N) is 1. The first-order chi connectivity index (χ1) is 4.56. The highest BCUT2D eigenvalue weighted by Gasteiger charge is 2.29. The van der Waals surface area contributed by atoms with E-state index in [9.17, 15) is 9.90 Å². The number of primary amides is 1. The van der Waals surface area contributed by atoms with Crippen LogP contribution in [0.2, 0.25) is 0 Å². The molecule has 0 spiro atoms. The van der Waals surface area contributed by atoms with Gasteiger partial charge in [0.15, 0.2) is 0 Å². The highest BCUT2D eigenvalue weighted by molar-refractivity contribution is 5.82. The predicted octanol–water partition coefficient (Wildman–Crippen LogP) is 0.413. The number of aliphatic hydroxyl groups is 1. The fourth-order valence-electron chi connectivity index (χ4n) is 0.888. The molecule has 0 aromatic heterocycles. The molecule has 60 valence electrons. The lowest BCUT2D eigenvalue weighted by atomic mass is 9.94. The maximum absolute atomic E-state index is 10.6. The van der Waals surface area contributed by atoms with Crippen molar-refractivity contribution >= 4 is 5.91 Å². The van der Waals surface area contributed by atoms with Crippen LogP contribution in [0.5, 0.6) is 0 Å². The summed E-state index contributed by atoms with van der Waals surface area (Å²) < 4.78 is 0. The van der Waals surface area contributed by atoms with Gasteiger partial charge in [-0.2, -0.15) is 0 Å². The third-order valence-corrected chi connectivity index (χ3v) is 1.71. The highest BCUT2D eigenvalue weighted by atomic mass is 16.3. The lowest BCUT2D eigenvalue weighted by Crippen LogP contribution is -2.43. The number of carbonyl (C=O) groups is 1. The number of carbonyl (C=O) groups excluding carboxylic acids is 1. The van der Waals surface area contributed by atoms with E-state index in [0.717, 1.165) is 6.42 Å². The average molecular weight is 145 g/mol. The quantitative estimate of drug-likeness (QED) is 0.602. The molecule has 0 aliphatic heterocycles. The Balaban J connectivity index is 4.08. The zero-order chi connectivity index (χ0) is 8.20. The van der Waals surface area contributed by atoms with Crippen LogP contribution in [0, 0.1) is 0 Å². The van der Waals surface area contributed by atoms with Crippen LogP contribution in [0.1, 0.15) is 33.1 Å². The number of rotatable bonds is 4. The number of hydrogen-bond donors (Lipinski definition) is 2. The molecule has 0 fully saturated rings. The maximum atomic E-state index is 10.6. The van der Waals surface area contributed by atoms with Gasteiger partial charge >= 0.3 is 0 Å². The van der Waals surface area contributed by atoms with E-state index in [0.29, 0.717) is 12.8 Å². The predicted molar refractivity (Wildman–Crippen MR) is 39.3 cm³/mol. The Labute approximate surface area is 61.2 Å². The van der Waals surface area contributed by atoms with Crippen molar-refractivity contribution in [2.45, 2.75) is 38.7 Å². The fraction of sp³-hybridized carbons (Fsp3) is 0.857. The van der Waals surface area contributed by atoms with Crippen molar-refractivity contribution in [2.24, 2.45) is 5.73 Å². The number of amides is 1. The Bertz CT molecular complexity index is 125. The van der Waals surface area contributed by atoms with E-state index < -0.39 is 11.5 Å². The van der Waals surface area contributed by atoms with Crippen LogP contribution in [-0.2, 0) is 4.79 Å². The first-order valence-electron chi connectivity index (χ1n) is 3.59. The zero-order valence-electron chi connectivity index (χ0n) is 6.55. The van der Waals surface area contributed by atoms with Crippen LogP contribution >= 0.6 is 0 Å². The summed E-state index contributed by atoms with van der Waals surface area (Å²) in [5, 5.41) is 9.42. The van der Waals surface area contributed by atoms with Gasteiger partial charge in [-0.1, -0.05) is 20.3 Å². The van der Waals surface area contributed by atoms with Crippen molar-refractivity contribution in [1.82, 2.24) is 0 Å². The molecule has 0 aliphatic carbocycles. The lowest BCUT2D eigenvalue weighted by molar-refractivity contribution is -0.137. The molecule has 0 radical (unpaired) electrons. The third kappa shape index (κ3) is 1.99. The van der Waals surface area contributed by atoms with Gasteiger partial charge in [-0.25, -0.2) is 0 Å². The van der Waals surface area contributed by atoms with Gasteiger partial charge in [-0.05, 0) is 12.8 Å². The second-order valence-electron chi connectivity index (χ2n) is 2.50. The Kier molecular flexibility index (Phi) is 3.36. The second kappa shape index (κ2) is 3.56. The van der Waals surface area contributed by atoms with Crippen LogP contribution in [0.15, 0.2) is 0 Å². The molecule has 1 atom stereocenters. The van der Waals surface area contributed by atoms with Gasteiger partial charge < -0.3 is 10.8 Å². The van der Waals surface area contributed by atoms with Crippen LogP contribution in [0.4, 0.5) is 0 Å². The minimum absolute atomic E-state index is 0.399. The van der Waals surface area contributed by atoms with E-state index in [1.54, 1.807) is 6.92 Å². The van der Waals surface area contributed by atoms with E-state index >= 15 is 0 Å². The zero-order valence-corrected chi connectivity index (χ0v) is 6.55. The van der Waals surface area contributed by atoms with Crippen LogP contribution < -0.4 is 5.73 Å². The maximum Gasteiger partial charge on any atom is 0.249 e. The number of hydrogen-bond acceptors (Lipinski definition) is 2. The largest absolute Gasteiger partial charge is 0.380 e. The minimum atomic E-state index is -1.27. The van der Waals surface area contributed by atoms with E-state index in [2.05, 4.69) is 0 Å². The lowest BCUT2D eigenvalue weighted by Gasteiger charge is -2.21. The third-order valence-electron chi connectivity index (χ3n) is 1.71. The smallest absolute Gasteiger partial charge is 0.249 e. The summed E-state index contributed by atoms with van der Waals surface area (Å²) in [4.78, 5) is 10.6. The molecule has 0 bridgehead atoms. The van der Waals surface area contributed by atoms with Gasteiger partial charge in [-0.3, -0.25) is 4.79 Å². The second-order valence-corrected chi connectivity index (χ2v) is 2.50. The molecule has 0 aromatic rings. The first kappa shape index (κ1) is 9.43. The molecule has 1 amide bonds. The van der Waals surface area contributed by atoms with Crippen molar-refractivity contribution in [3.63, 3.8) is 0 Å². The van der Waals surface area contributed by atoms with Gasteiger partial charge in [0.2, 0.25) is 5.91 Å². The van der Waals surface area contributed by atoms with Gasteiger partial charge in [0.1, 0.15) is 5.60 Å². The molecule has 3 N–H and O–H groups in total. The van der Waals surface area contributed by atoms with Gasteiger partial charge in [0.05, 0.1) is 0 Å². The van der Waals surface area contributed by atoms with Crippen molar-refractivity contribution < 1.29 is 9.90 Å². The SMILES string of the molecule is CCC[C@](O)(CC)C(N)=O. The topological polar surface area (TPSA) is 63.3 Å². The summed E-state index contributed by atoms with van der Waals surface area (Å²) in [5.74, 6) is -0.614. The molecule has 10 heavy (non-hydrogen) atoms. The molecule has 0 aliphatic rings. The van der Waals surface area contributed by atoms with Crippen LogP contribution in [-0.4, -0.2) is 16.6 Å². The summed E-state index contributed by atoms with van der Waals surface area (Å²) >= 11 is 0. The summed E-state index contributed by atoms with van der Waals surface area (Å²) in [6.07, 6.45) is 1.63. The molecule has 0 aromatic carbocycles. The summed E-state index contributed by atoms with van der Waals surface area (Å²) in [5.41, 5.74) is 3.71. The fourth-order valence-corrected chi connectivity index (χ4v) is 0.888. The highest BCUT2D eigenvalue weighted by Crippen LogP contribution is 2.15. The molecular formula is C7H15NO2. The Morgan fingerprint density at radius 3 is 2.20 bits per heavy atom. The standard InChI is InChI=1S/C7H15NO2/c1-3-5-7(10,4-2)6(8)9/h10H,3-5H2,1-2H3,(H2,8,9)/t7-/m1/s1. The normalized spacial score (nSPS) is 16.3. The summed E-state index contributed by atoms with van der Waals surface area (Å²) in [6.45, 7) is 3.66. The molecule has 3 nitrogen and oxygen atoms in total. The van der Waals surface area contributed by atoms with E-state index in [4.69, 9.17) is 5.73 Å². The van der Waals surface area contributed by atoms with Crippen molar-refractivity contribution in [3.05, 3.63) is 0 Å². The van der Waals surface area contributed by atoms with Crippen LogP contribution in [0.25, 0.3) is 0 Å². The first-order valence-corrected chi connectivity index (χ1v) is 3.59. The molecule has 3 heteroatoms. The van der Waals surface area contributed by atoms with E-state index in [-0.39, 0.29) is 0 Å². The average Bonchev–Trinajstić information content (AvgIpc) is 1.88. The Morgan fingerprint density at radius 2 is 2.10 bits per heavy atom. The minimum Gasteiger partial charge on any atom is -0.380 e. The Hall–Kier alpha value is -0.570. The van der Waals surface area contributed by atoms with Gasteiger partial charge in [-0.15, -0.1) is 0 Å². The molecule has 0 saturated carbocycles. The summed E-state index contributed by atoms with van der Waals surface area (Å²) in [6, 6.07) is 0. The summed E-state index contributed by atoms with van der Waals surface area (Å²) in [7, 11) is 0.